The predicted molar refractivity (Wildman–Crippen MR) is 61.0 cm³/mol. The second kappa shape index (κ2) is 5.17. The SMILES string of the molecule is CC(C)(C(=O)O)/C(C#N)=[N+](\O)C1CCCCC1. The van der Waals surface area contributed by atoms with Gasteiger partial charge < -0.3 is 5.11 Å². The standard InChI is InChI=1S/C12H18N2O3/c1-12(2,11(15)16)10(8-13)14(17)9-6-4-3-5-7-9/h9H,3-7H2,1-2H3,(H-,15,16,17)/p+1/b14-10-. The van der Waals surface area contributed by atoms with E-state index >= 15 is 0 Å². The largest absolute Gasteiger partial charge is 0.480 e. The molecule has 1 aliphatic rings. The molecule has 0 aromatic heterocycles. The molecule has 0 amide bonds. The first kappa shape index (κ1) is 13.5. The molecular formula is C12H19N2O3+. The molecule has 0 radical (unpaired) electrons. The summed E-state index contributed by atoms with van der Waals surface area (Å²) < 4.78 is 0.882. The summed E-state index contributed by atoms with van der Waals surface area (Å²) in [7, 11) is 0. The third-order valence-electron chi connectivity index (χ3n) is 3.38. The Kier molecular flexibility index (Phi) is 4.11. The van der Waals surface area contributed by atoms with E-state index in [0.29, 0.717) is 0 Å². The Morgan fingerprint density at radius 1 is 1.35 bits per heavy atom. The molecule has 2 N–H and O–H groups in total. The fourth-order valence-electron chi connectivity index (χ4n) is 2.09. The first-order chi connectivity index (χ1) is 7.91. The third kappa shape index (κ3) is 2.76. The van der Waals surface area contributed by atoms with E-state index in [9.17, 15) is 10.0 Å². The van der Waals surface area contributed by atoms with E-state index in [2.05, 4.69) is 0 Å². The quantitative estimate of drug-likeness (QED) is 0.340. The van der Waals surface area contributed by atoms with Gasteiger partial charge in [0.05, 0.1) is 0 Å². The van der Waals surface area contributed by atoms with Gasteiger partial charge in [0.25, 0.3) is 0 Å². The molecule has 5 heteroatoms. The molecule has 0 aromatic rings. The highest BCUT2D eigenvalue weighted by Gasteiger charge is 2.44. The zero-order chi connectivity index (χ0) is 13.1. The Labute approximate surface area is 101 Å². The van der Waals surface area contributed by atoms with Crippen molar-refractivity contribution in [1.29, 1.82) is 5.26 Å². The summed E-state index contributed by atoms with van der Waals surface area (Å²) in [6.07, 6.45) is 4.76. The zero-order valence-corrected chi connectivity index (χ0v) is 10.3. The summed E-state index contributed by atoms with van der Waals surface area (Å²) in [5.74, 6) is -1.11. The average molecular weight is 239 g/mol. The van der Waals surface area contributed by atoms with Crippen LogP contribution in [0.5, 0.6) is 0 Å². The lowest BCUT2D eigenvalue weighted by molar-refractivity contribution is -0.801. The molecule has 0 aromatic carbocycles. The lowest BCUT2D eigenvalue weighted by Crippen LogP contribution is -2.41. The number of rotatable bonds is 3. The maximum Gasteiger partial charge on any atom is 0.320 e. The molecular weight excluding hydrogens is 220 g/mol. The number of nitriles is 1. The molecule has 0 bridgehead atoms. The highest BCUT2D eigenvalue weighted by atomic mass is 16.5. The van der Waals surface area contributed by atoms with Crippen molar-refractivity contribution in [1.82, 2.24) is 0 Å². The second-order valence-electron chi connectivity index (χ2n) is 5.03. The van der Waals surface area contributed by atoms with Crippen LogP contribution in [-0.4, -0.2) is 32.8 Å². The maximum atomic E-state index is 11.1. The first-order valence-corrected chi connectivity index (χ1v) is 5.90. The molecule has 94 valence electrons. The van der Waals surface area contributed by atoms with Crippen LogP contribution >= 0.6 is 0 Å². The van der Waals surface area contributed by atoms with Gasteiger partial charge in [-0.05, 0) is 31.4 Å². The molecule has 1 aliphatic carbocycles. The van der Waals surface area contributed by atoms with Crippen molar-refractivity contribution in [2.24, 2.45) is 5.41 Å². The van der Waals surface area contributed by atoms with E-state index < -0.39 is 11.4 Å². The minimum atomic E-state index is -1.36. The zero-order valence-electron chi connectivity index (χ0n) is 10.3. The lowest BCUT2D eigenvalue weighted by Gasteiger charge is -2.19. The summed E-state index contributed by atoms with van der Waals surface area (Å²) >= 11 is 0. The minimum Gasteiger partial charge on any atom is -0.480 e. The van der Waals surface area contributed by atoms with Gasteiger partial charge in [-0.15, -0.1) is 0 Å². The highest BCUT2D eigenvalue weighted by Crippen LogP contribution is 2.23. The Morgan fingerprint density at radius 3 is 2.29 bits per heavy atom. The highest BCUT2D eigenvalue weighted by molar-refractivity contribution is 6.10. The molecule has 1 fully saturated rings. The number of hydrogen-bond donors (Lipinski definition) is 2. The molecule has 0 unspecified atom stereocenters. The number of carboxylic acid groups (broad SMARTS) is 1. The van der Waals surface area contributed by atoms with Crippen molar-refractivity contribution >= 4 is 11.7 Å². The Bertz CT molecular complexity index is 374. The maximum absolute atomic E-state index is 11.1. The van der Waals surface area contributed by atoms with Crippen molar-refractivity contribution in [3.8, 4) is 6.07 Å². The van der Waals surface area contributed by atoms with Gasteiger partial charge in [0.2, 0.25) is 6.04 Å². The van der Waals surface area contributed by atoms with Gasteiger partial charge >= 0.3 is 11.7 Å². The van der Waals surface area contributed by atoms with Gasteiger partial charge in [0.1, 0.15) is 0 Å². The van der Waals surface area contributed by atoms with Crippen molar-refractivity contribution in [2.75, 3.05) is 0 Å². The van der Waals surface area contributed by atoms with E-state index in [1.54, 1.807) is 0 Å². The Balaban J connectivity index is 3.06. The van der Waals surface area contributed by atoms with E-state index in [-0.39, 0.29) is 11.8 Å². The van der Waals surface area contributed by atoms with Gasteiger partial charge in [-0.1, -0.05) is 6.42 Å². The molecule has 0 aliphatic heterocycles. The lowest BCUT2D eigenvalue weighted by atomic mass is 9.87. The average Bonchev–Trinajstić information content (AvgIpc) is 2.30. The van der Waals surface area contributed by atoms with Crippen LogP contribution in [0.3, 0.4) is 0 Å². The number of hydroxylamine groups is 1. The summed E-state index contributed by atoms with van der Waals surface area (Å²) in [5, 5.41) is 28.2. The van der Waals surface area contributed by atoms with Crippen LogP contribution in [0, 0.1) is 16.7 Å². The number of hydrogen-bond acceptors (Lipinski definition) is 3. The van der Waals surface area contributed by atoms with Crippen molar-refractivity contribution in [3.05, 3.63) is 0 Å². The molecule has 0 saturated heterocycles. The van der Waals surface area contributed by atoms with Gasteiger partial charge in [-0.25, -0.2) is 0 Å². The van der Waals surface area contributed by atoms with E-state index in [1.807, 2.05) is 6.07 Å². The minimum absolute atomic E-state index is 0.0862. The normalized spacial score (nSPS) is 19.4. The number of nitrogens with zero attached hydrogens (tertiary/aromatic N) is 2. The molecule has 1 saturated carbocycles. The van der Waals surface area contributed by atoms with E-state index in [4.69, 9.17) is 10.4 Å². The molecule has 1 rings (SSSR count). The first-order valence-electron chi connectivity index (χ1n) is 5.90. The monoisotopic (exact) mass is 239 g/mol. The van der Waals surface area contributed by atoms with Gasteiger partial charge in [-0.2, -0.15) is 5.26 Å². The van der Waals surface area contributed by atoms with Crippen LogP contribution in [0.2, 0.25) is 0 Å². The van der Waals surface area contributed by atoms with Gasteiger partial charge in [-0.3, -0.25) is 10.0 Å². The molecule has 17 heavy (non-hydrogen) atoms. The second-order valence-corrected chi connectivity index (χ2v) is 5.03. The fourth-order valence-corrected chi connectivity index (χ4v) is 2.09. The molecule has 5 nitrogen and oxygen atoms in total. The van der Waals surface area contributed by atoms with Gasteiger partial charge in [0.15, 0.2) is 11.5 Å². The summed E-state index contributed by atoms with van der Waals surface area (Å²) in [5.41, 5.74) is -1.45. The summed E-state index contributed by atoms with van der Waals surface area (Å²) in [4.78, 5) is 11.1. The number of aliphatic carboxylic acids is 1. The van der Waals surface area contributed by atoms with Gasteiger partial charge in [0, 0.05) is 12.8 Å². The third-order valence-corrected chi connectivity index (χ3v) is 3.38. The smallest absolute Gasteiger partial charge is 0.320 e. The fraction of sp³-hybridized carbons (Fsp3) is 0.750. The van der Waals surface area contributed by atoms with Crippen molar-refractivity contribution in [2.45, 2.75) is 52.0 Å². The molecule has 0 spiro atoms. The molecule has 0 atom stereocenters. The van der Waals surface area contributed by atoms with Crippen LogP contribution in [0.4, 0.5) is 0 Å². The van der Waals surface area contributed by atoms with Crippen LogP contribution in [0.25, 0.3) is 0 Å². The summed E-state index contributed by atoms with van der Waals surface area (Å²) in [6.45, 7) is 2.86. The topological polar surface area (TPSA) is 84.3 Å². The van der Waals surface area contributed by atoms with E-state index in [1.165, 1.54) is 13.8 Å². The van der Waals surface area contributed by atoms with E-state index in [0.717, 1.165) is 36.8 Å². The Hall–Kier alpha value is -1.57. The number of carbonyl (C=O) groups is 1. The van der Waals surface area contributed by atoms with Crippen LogP contribution in [-0.2, 0) is 4.79 Å². The van der Waals surface area contributed by atoms with Crippen LogP contribution in [0.1, 0.15) is 46.0 Å². The number of carboxylic acids is 1. The van der Waals surface area contributed by atoms with Crippen LogP contribution < -0.4 is 0 Å². The predicted octanol–water partition coefficient (Wildman–Crippen LogP) is 1.80. The van der Waals surface area contributed by atoms with Crippen molar-refractivity contribution < 1.29 is 19.8 Å². The van der Waals surface area contributed by atoms with Crippen molar-refractivity contribution in [3.63, 3.8) is 0 Å². The summed E-state index contributed by atoms with van der Waals surface area (Å²) in [6, 6.07) is 1.70. The van der Waals surface area contributed by atoms with Crippen LogP contribution in [0.15, 0.2) is 0 Å². The molecule has 0 heterocycles. The Morgan fingerprint density at radius 2 is 1.88 bits per heavy atom.